The van der Waals surface area contributed by atoms with Crippen LogP contribution in [0.15, 0.2) is 16.7 Å². The minimum absolute atomic E-state index is 0.0718. The molecule has 0 bridgehead atoms. The lowest BCUT2D eigenvalue weighted by Gasteiger charge is -2.23. The molecule has 0 radical (unpaired) electrons. The molecule has 1 unspecified atom stereocenters. The maximum Gasteiger partial charge on any atom is 0.150 e. The predicted octanol–water partition coefficient (Wildman–Crippen LogP) is 4.76. The van der Waals surface area contributed by atoms with E-state index in [0.717, 1.165) is 41.2 Å². The molecule has 2 aromatic rings. The highest BCUT2D eigenvalue weighted by Gasteiger charge is 2.22. The molecule has 1 aromatic carbocycles. The molecular formula is C15H18BrFN2O. The van der Waals surface area contributed by atoms with Crippen molar-refractivity contribution in [1.29, 1.82) is 0 Å². The minimum atomic E-state index is -0.183. The van der Waals surface area contributed by atoms with Crippen molar-refractivity contribution in [3.63, 3.8) is 0 Å². The molecule has 0 saturated carbocycles. The number of benzene rings is 1. The van der Waals surface area contributed by atoms with Crippen molar-refractivity contribution in [3.8, 4) is 0 Å². The van der Waals surface area contributed by atoms with Gasteiger partial charge >= 0.3 is 0 Å². The summed E-state index contributed by atoms with van der Waals surface area (Å²) in [5, 5.41) is 5.36. The van der Waals surface area contributed by atoms with Crippen LogP contribution < -0.4 is 0 Å². The first-order valence-electron chi connectivity index (χ1n) is 7.06. The molecular weight excluding hydrogens is 323 g/mol. The first kappa shape index (κ1) is 14.0. The van der Waals surface area contributed by atoms with Crippen molar-refractivity contribution in [2.75, 3.05) is 6.61 Å². The second kappa shape index (κ2) is 5.45. The highest BCUT2D eigenvalue weighted by Crippen LogP contribution is 2.36. The quantitative estimate of drug-likeness (QED) is 0.787. The van der Waals surface area contributed by atoms with Crippen LogP contribution in [0, 0.1) is 5.82 Å². The molecule has 0 amide bonds. The smallest absolute Gasteiger partial charge is 0.150 e. The van der Waals surface area contributed by atoms with Gasteiger partial charge in [-0.25, -0.2) is 9.07 Å². The molecule has 1 aliphatic heterocycles. The first-order valence-corrected chi connectivity index (χ1v) is 7.85. The Morgan fingerprint density at radius 1 is 1.45 bits per heavy atom. The zero-order valence-electron chi connectivity index (χ0n) is 11.7. The number of rotatable bonds is 2. The van der Waals surface area contributed by atoms with Crippen molar-refractivity contribution in [2.45, 2.75) is 45.3 Å². The monoisotopic (exact) mass is 340 g/mol. The fourth-order valence-electron chi connectivity index (χ4n) is 2.81. The summed E-state index contributed by atoms with van der Waals surface area (Å²) in [6, 6.07) is 1.58. The lowest BCUT2D eigenvalue weighted by atomic mass is 10.0. The third kappa shape index (κ3) is 2.27. The second-order valence-corrected chi connectivity index (χ2v) is 6.38. The molecule has 0 aliphatic carbocycles. The summed E-state index contributed by atoms with van der Waals surface area (Å²) < 4.78 is 22.7. The summed E-state index contributed by atoms with van der Waals surface area (Å²) in [6.45, 7) is 4.73. The Morgan fingerprint density at radius 3 is 2.90 bits per heavy atom. The molecule has 1 saturated heterocycles. The molecule has 2 heterocycles. The average molecular weight is 341 g/mol. The molecule has 1 fully saturated rings. The highest BCUT2D eigenvalue weighted by atomic mass is 79.9. The van der Waals surface area contributed by atoms with E-state index in [1.54, 1.807) is 12.3 Å². The summed E-state index contributed by atoms with van der Waals surface area (Å²) in [7, 11) is 0. The molecule has 108 valence electrons. The summed E-state index contributed by atoms with van der Waals surface area (Å²) in [5.74, 6) is -0.0556. The van der Waals surface area contributed by atoms with Gasteiger partial charge in [0.2, 0.25) is 0 Å². The van der Waals surface area contributed by atoms with Crippen molar-refractivity contribution in [2.24, 2.45) is 0 Å². The molecule has 1 atom stereocenters. The average Bonchev–Trinajstić information content (AvgIpc) is 2.83. The van der Waals surface area contributed by atoms with Gasteiger partial charge in [0.1, 0.15) is 5.82 Å². The van der Waals surface area contributed by atoms with Crippen LogP contribution >= 0.6 is 15.9 Å². The zero-order chi connectivity index (χ0) is 14.3. The van der Waals surface area contributed by atoms with E-state index >= 15 is 0 Å². The van der Waals surface area contributed by atoms with Gasteiger partial charge in [-0.05, 0) is 41.1 Å². The van der Waals surface area contributed by atoms with Crippen molar-refractivity contribution >= 4 is 26.8 Å². The summed E-state index contributed by atoms with van der Waals surface area (Å²) >= 11 is 3.54. The van der Waals surface area contributed by atoms with Crippen LogP contribution in [-0.2, 0) is 4.74 Å². The van der Waals surface area contributed by atoms with Crippen molar-refractivity contribution in [3.05, 3.63) is 28.1 Å². The van der Waals surface area contributed by atoms with Crippen LogP contribution in [0.25, 0.3) is 10.9 Å². The van der Waals surface area contributed by atoms with E-state index in [1.807, 2.05) is 18.5 Å². The number of hydrogen-bond donors (Lipinski definition) is 0. The van der Waals surface area contributed by atoms with Gasteiger partial charge < -0.3 is 4.74 Å². The van der Waals surface area contributed by atoms with Crippen LogP contribution in [0.5, 0.6) is 0 Å². The largest absolute Gasteiger partial charge is 0.356 e. The van der Waals surface area contributed by atoms with Gasteiger partial charge in [-0.2, -0.15) is 5.10 Å². The van der Waals surface area contributed by atoms with Crippen molar-refractivity contribution in [1.82, 2.24) is 9.78 Å². The lowest BCUT2D eigenvalue weighted by Crippen LogP contribution is -2.19. The molecule has 1 aromatic heterocycles. The Labute approximate surface area is 126 Å². The van der Waals surface area contributed by atoms with Crippen LogP contribution in [0.3, 0.4) is 0 Å². The minimum Gasteiger partial charge on any atom is -0.356 e. The van der Waals surface area contributed by atoms with E-state index in [9.17, 15) is 4.39 Å². The van der Waals surface area contributed by atoms with Gasteiger partial charge in [0.15, 0.2) is 6.23 Å². The van der Waals surface area contributed by atoms with Gasteiger partial charge in [0, 0.05) is 28.1 Å². The predicted molar refractivity (Wildman–Crippen MR) is 80.3 cm³/mol. The maximum atomic E-state index is 14.3. The van der Waals surface area contributed by atoms with Crippen LogP contribution in [0.4, 0.5) is 4.39 Å². The number of ether oxygens (including phenoxy) is 1. The Balaban J connectivity index is 2.13. The fourth-order valence-corrected chi connectivity index (χ4v) is 3.76. The van der Waals surface area contributed by atoms with Gasteiger partial charge in [0.25, 0.3) is 0 Å². The number of fused-ring (bicyclic) bond motifs is 1. The Morgan fingerprint density at radius 2 is 2.25 bits per heavy atom. The fraction of sp³-hybridized carbons (Fsp3) is 0.533. The molecule has 1 aliphatic rings. The van der Waals surface area contributed by atoms with E-state index in [-0.39, 0.29) is 18.0 Å². The van der Waals surface area contributed by atoms with Crippen LogP contribution in [-0.4, -0.2) is 16.4 Å². The normalized spacial score (nSPS) is 19.9. The molecule has 3 rings (SSSR count). The standard InChI is InChI=1S/C15H18BrFN2O/c1-9(2)14-11(17)7-12-10(15(14)16)8-18-19(12)13-5-3-4-6-20-13/h7-9,13H,3-6H2,1-2H3. The molecule has 20 heavy (non-hydrogen) atoms. The number of hydrogen-bond acceptors (Lipinski definition) is 2. The summed E-state index contributed by atoms with van der Waals surface area (Å²) in [6.07, 6.45) is 4.87. The number of aromatic nitrogens is 2. The van der Waals surface area contributed by atoms with Gasteiger partial charge in [-0.15, -0.1) is 0 Å². The Hall–Kier alpha value is -0.940. The first-order chi connectivity index (χ1) is 9.59. The summed E-state index contributed by atoms with van der Waals surface area (Å²) in [4.78, 5) is 0. The van der Waals surface area contributed by atoms with Crippen LogP contribution in [0.2, 0.25) is 0 Å². The topological polar surface area (TPSA) is 27.1 Å². The van der Waals surface area contributed by atoms with E-state index in [1.165, 1.54) is 0 Å². The molecule has 0 N–H and O–H groups in total. The Kier molecular flexibility index (Phi) is 3.82. The van der Waals surface area contributed by atoms with Gasteiger partial charge in [-0.1, -0.05) is 13.8 Å². The zero-order valence-corrected chi connectivity index (χ0v) is 13.3. The van der Waals surface area contributed by atoms with E-state index in [0.29, 0.717) is 5.56 Å². The second-order valence-electron chi connectivity index (χ2n) is 5.58. The lowest BCUT2D eigenvalue weighted by molar-refractivity contribution is -0.0366. The molecule has 0 spiro atoms. The third-order valence-electron chi connectivity index (χ3n) is 3.83. The highest BCUT2D eigenvalue weighted by molar-refractivity contribution is 9.10. The van der Waals surface area contributed by atoms with Crippen LogP contribution in [0.1, 0.15) is 50.8 Å². The molecule has 3 nitrogen and oxygen atoms in total. The SMILES string of the molecule is CC(C)c1c(F)cc2c(cnn2C2CCCCO2)c1Br. The molecule has 5 heteroatoms. The summed E-state index contributed by atoms with van der Waals surface area (Å²) in [5.41, 5.74) is 1.51. The van der Waals surface area contributed by atoms with Crippen molar-refractivity contribution < 1.29 is 9.13 Å². The van der Waals surface area contributed by atoms with E-state index < -0.39 is 0 Å². The van der Waals surface area contributed by atoms with E-state index in [2.05, 4.69) is 21.0 Å². The van der Waals surface area contributed by atoms with Gasteiger partial charge in [-0.3, -0.25) is 0 Å². The maximum absolute atomic E-state index is 14.3. The third-order valence-corrected chi connectivity index (χ3v) is 4.69. The van der Waals surface area contributed by atoms with Gasteiger partial charge in [0.05, 0.1) is 11.7 Å². The van der Waals surface area contributed by atoms with E-state index in [4.69, 9.17) is 4.74 Å². The number of halogens is 2. The Bertz CT molecular complexity index is 632. The number of nitrogens with zero attached hydrogens (tertiary/aromatic N) is 2.